The van der Waals surface area contributed by atoms with Gasteiger partial charge < -0.3 is 25.2 Å². The van der Waals surface area contributed by atoms with Gasteiger partial charge in [0.25, 0.3) is 0 Å². The minimum atomic E-state index is -1.15. The first-order valence-corrected chi connectivity index (χ1v) is 35.3. The first-order valence-electron chi connectivity index (χ1n) is 35.3. The van der Waals surface area contributed by atoms with E-state index >= 15 is 9.59 Å². The third-order valence-electron chi connectivity index (χ3n) is 31.4. The Labute approximate surface area is 490 Å². The van der Waals surface area contributed by atoms with Crippen LogP contribution in [0.25, 0.3) is 0 Å². The van der Waals surface area contributed by atoms with E-state index in [2.05, 4.69) is 41.0 Å². The number of nitrogens with zero attached hydrogens (tertiary/aromatic N) is 2. The van der Waals surface area contributed by atoms with Crippen LogP contribution in [0.4, 0.5) is 0 Å². The molecule has 8 spiro atoms. The number of allylic oxidation sites excluding steroid dienone is 4. The van der Waals surface area contributed by atoms with Gasteiger partial charge in [-0.3, -0.25) is 9.69 Å². The summed E-state index contributed by atoms with van der Waals surface area (Å²) in [6.07, 6.45) is 44.6. The number of ether oxygens (including phenoxy) is 2. The molecule has 438 valence electrons. The van der Waals surface area contributed by atoms with E-state index in [0.29, 0.717) is 94.1 Å². The molecule has 9 aliphatic heterocycles. The van der Waals surface area contributed by atoms with Crippen LogP contribution in [0, 0.1) is 91.2 Å². The molecule has 11 fully saturated rings. The van der Waals surface area contributed by atoms with Gasteiger partial charge >= 0.3 is 11.9 Å². The predicted molar refractivity (Wildman–Crippen MR) is 317 cm³/mol. The van der Waals surface area contributed by atoms with Gasteiger partial charge in [-0.2, -0.15) is 0 Å². The number of aliphatic hydroxyl groups is 1. The van der Waals surface area contributed by atoms with Crippen molar-refractivity contribution >= 4 is 11.9 Å². The quantitative estimate of drug-likeness (QED) is 0.222. The number of esters is 2. The average molecular weight is 1110 g/mol. The van der Waals surface area contributed by atoms with E-state index in [1.165, 1.54) is 179 Å². The summed E-state index contributed by atoms with van der Waals surface area (Å²) in [6.45, 7) is 6.62. The van der Waals surface area contributed by atoms with Gasteiger partial charge in [-0.25, -0.2) is 4.79 Å². The maximum atomic E-state index is 17.1. The number of carbonyl (C=O) groups excluding carboxylic acids is 2. The smallest absolute Gasteiger partial charge is 0.339 e. The summed E-state index contributed by atoms with van der Waals surface area (Å²) in [7, 11) is 0. The Hall–Kier alpha value is -3.36. The number of aryl methyl sites for hydroxylation is 1. The first-order chi connectivity index (χ1) is 40.0. The highest BCUT2D eigenvalue weighted by Gasteiger charge is 2.94. The summed E-state index contributed by atoms with van der Waals surface area (Å²) in [5.41, 5.74) is 15.8. The highest BCUT2D eigenvalue weighted by Crippen LogP contribution is 2.90. The number of piperidine rings is 2. The second kappa shape index (κ2) is 17.0. The van der Waals surface area contributed by atoms with Gasteiger partial charge in [-0.15, -0.1) is 0 Å². The molecule has 0 amide bonds. The molecule has 14 bridgehead atoms. The molecule has 82 heavy (non-hydrogen) atoms. The largest absolute Gasteiger partial charge is 0.509 e. The Balaban J connectivity index is 0.867. The highest BCUT2D eigenvalue weighted by molar-refractivity contribution is 6.00. The van der Waals surface area contributed by atoms with Crippen molar-refractivity contribution in [3.63, 3.8) is 0 Å². The third-order valence-corrected chi connectivity index (χ3v) is 31.4. The molecule has 8 heteroatoms. The van der Waals surface area contributed by atoms with Crippen LogP contribution in [-0.2, 0) is 26.3 Å². The van der Waals surface area contributed by atoms with Crippen molar-refractivity contribution < 1.29 is 24.2 Å². The fourth-order valence-electron chi connectivity index (χ4n) is 29.1. The van der Waals surface area contributed by atoms with Crippen LogP contribution < -0.4 is 5.73 Å². The van der Waals surface area contributed by atoms with Gasteiger partial charge in [0.2, 0.25) is 0 Å². The molecule has 17 atom stereocenters. The monoisotopic (exact) mass is 1110 g/mol. The van der Waals surface area contributed by atoms with Crippen molar-refractivity contribution in [2.45, 2.75) is 243 Å². The Bertz CT molecular complexity index is 3100. The molecule has 1 unspecified atom stereocenters. The normalized spacial score (nSPS) is 48.7. The molecular weight excluding hydrogens is 1010 g/mol. The molecule has 3 N–H and O–H groups in total. The van der Waals surface area contributed by atoms with E-state index in [4.69, 9.17) is 15.2 Å². The fraction of sp³-hybridized carbons (Fsp3) is 0.784. The van der Waals surface area contributed by atoms with E-state index in [9.17, 15) is 5.11 Å². The molecule has 0 aromatic heterocycles. The van der Waals surface area contributed by atoms with Crippen molar-refractivity contribution in [2.24, 2.45) is 96.9 Å². The minimum Gasteiger partial charge on any atom is -0.509 e. The van der Waals surface area contributed by atoms with Crippen LogP contribution in [0.1, 0.15) is 240 Å². The SMILES string of the molecule is C[C@@H]1CC2=C3[C@H]4C5=C6[C@@H]7C[C@@]41CCC7=C[C@@H]([C@H]1CCCC4(CCCC4)C1)C[C@H]1[C@]64C(=O)O/C(=C(/O)C[C@@H]([C@@H]6CC7(CCCC7)[C@]7(CCCC78CCCC8)C6)N6C[C@H]7C[C@@H](C6)[C@@H](CC2)N3C7)[C@@]4(CC5)[C@]12OC(=O)c1c(CCCN)cccc12. The lowest BCUT2D eigenvalue weighted by atomic mass is 9.26. The summed E-state index contributed by atoms with van der Waals surface area (Å²) in [5.74, 6) is 3.83. The predicted octanol–water partition coefficient (Wildman–Crippen LogP) is 15.3. The number of nitrogens with two attached hydrogens (primary N) is 1. The second-order valence-corrected chi connectivity index (χ2v) is 33.4. The van der Waals surface area contributed by atoms with Gasteiger partial charge in [-0.1, -0.05) is 99.3 Å². The number of rotatable bonds is 5. The number of hydrogen-bond acceptors (Lipinski definition) is 8. The van der Waals surface area contributed by atoms with E-state index in [1.54, 1.807) is 22.4 Å². The fourth-order valence-corrected chi connectivity index (χ4v) is 29.1. The molecule has 22 rings (SSSR count). The zero-order chi connectivity index (χ0) is 54.5. The minimum absolute atomic E-state index is 0.0984. The van der Waals surface area contributed by atoms with Gasteiger partial charge in [-0.05, 0) is 241 Å². The van der Waals surface area contributed by atoms with Crippen LogP contribution >= 0.6 is 0 Å². The van der Waals surface area contributed by atoms with Gasteiger partial charge in [0.1, 0.15) is 11.2 Å². The van der Waals surface area contributed by atoms with Crippen molar-refractivity contribution in [3.05, 3.63) is 80.5 Å². The van der Waals surface area contributed by atoms with Gasteiger partial charge in [0.05, 0.1) is 11.0 Å². The van der Waals surface area contributed by atoms with Crippen LogP contribution in [0.3, 0.4) is 0 Å². The summed E-state index contributed by atoms with van der Waals surface area (Å²) in [4.78, 5) is 39.0. The number of hydrogen-bond donors (Lipinski definition) is 2. The summed E-state index contributed by atoms with van der Waals surface area (Å²) in [5, 5.41) is 14.3. The Morgan fingerprint density at radius 2 is 1.55 bits per heavy atom. The number of aliphatic hydroxyl groups excluding tert-OH is 1. The Morgan fingerprint density at radius 3 is 2.39 bits per heavy atom. The molecule has 8 saturated carbocycles. The van der Waals surface area contributed by atoms with Crippen molar-refractivity contribution in [2.75, 3.05) is 26.2 Å². The number of benzene rings is 1. The second-order valence-electron chi connectivity index (χ2n) is 33.4. The molecule has 21 aliphatic rings. The summed E-state index contributed by atoms with van der Waals surface area (Å²) >= 11 is 0. The van der Waals surface area contributed by atoms with Crippen LogP contribution in [-0.4, -0.2) is 65.1 Å². The topological polar surface area (TPSA) is 105 Å². The lowest BCUT2D eigenvalue weighted by molar-refractivity contribution is -0.284. The molecule has 9 heterocycles. The molecule has 1 aromatic carbocycles. The molecule has 1 aromatic rings. The van der Waals surface area contributed by atoms with Gasteiger partial charge in [0, 0.05) is 67.2 Å². The summed E-state index contributed by atoms with van der Waals surface area (Å²) in [6, 6.07) is 7.33. The highest BCUT2D eigenvalue weighted by atomic mass is 16.6. The molecule has 8 nitrogen and oxygen atoms in total. The molecule has 0 radical (unpaired) electrons. The van der Waals surface area contributed by atoms with Gasteiger partial charge in [0.15, 0.2) is 11.4 Å². The standard InChI is InChI=1S/C74H97N3O5/c1-44-32-48-16-17-56-51-33-45-41-76(43-51)57(52-38-69(25-6-7-26-69)71(39-52)28-11-27-68(71)23-4-5-24-68)36-58(78)64-72-30-19-53-61-54-40-70(44,62(53)63(48)77(56)42-45)29-18-47(54)34-50(49-13-9-22-67(37-49)20-2-3-21-67)35-59(73(61,72)66(80)81-64)74(72)55-15-8-12-46(14-10-31-75)60(55)65(79)82-74/h8,12,15,34,44-45,49-52,54,56-57,59,62,78H,2-7,9-11,13-14,16-33,35-43,75H2,1H3/b47-34?,64-58+/t44-,45-,49+,50-,51+,52-,54-,56-,57+,59+,62-,70-,71-,72-,73-,74-/m1/s1. The van der Waals surface area contributed by atoms with E-state index in [1.807, 2.05) is 0 Å². The Kier molecular flexibility index (Phi) is 10.5. The maximum absolute atomic E-state index is 17.1. The zero-order valence-corrected chi connectivity index (χ0v) is 50.1. The Morgan fingerprint density at radius 1 is 0.744 bits per heavy atom. The van der Waals surface area contributed by atoms with Crippen LogP contribution in [0.5, 0.6) is 0 Å². The number of fused-ring (bicyclic) bond motifs is 5. The third kappa shape index (κ3) is 5.81. The van der Waals surface area contributed by atoms with Crippen LogP contribution in [0.2, 0.25) is 0 Å². The zero-order valence-electron chi connectivity index (χ0n) is 50.1. The van der Waals surface area contributed by atoms with E-state index in [0.717, 1.165) is 68.3 Å². The van der Waals surface area contributed by atoms with Crippen LogP contribution in [0.15, 0.2) is 63.8 Å². The van der Waals surface area contributed by atoms with E-state index in [-0.39, 0.29) is 41.1 Å². The molecule has 12 aliphatic carbocycles. The molecular formula is C74H97N3O5. The van der Waals surface area contributed by atoms with Crippen molar-refractivity contribution in [3.8, 4) is 0 Å². The lowest BCUT2D eigenvalue weighted by Crippen LogP contribution is -2.78. The molecule has 3 saturated heterocycles. The number of carbonyl (C=O) groups is 2. The summed E-state index contributed by atoms with van der Waals surface area (Å²) < 4.78 is 15.2. The lowest BCUT2D eigenvalue weighted by Gasteiger charge is -2.74. The maximum Gasteiger partial charge on any atom is 0.339 e. The average Bonchev–Trinajstić information content (AvgIpc) is 1.28. The van der Waals surface area contributed by atoms with Crippen molar-refractivity contribution in [1.82, 2.24) is 9.80 Å². The van der Waals surface area contributed by atoms with Crippen molar-refractivity contribution in [1.29, 1.82) is 0 Å². The van der Waals surface area contributed by atoms with E-state index < -0.39 is 16.4 Å². The first kappa shape index (κ1) is 50.8.